The van der Waals surface area contributed by atoms with Crippen molar-refractivity contribution >= 4 is 23.2 Å². The normalized spacial score (nSPS) is 16.6. The van der Waals surface area contributed by atoms with Crippen molar-refractivity contribution in [3.05, 3.63) is 53.9 Å². The number of piperidine rings is 1. The number of rotatable bonds is 7. The number of benzene rings is 1. The second-order valence-electron chi connectivity index (χ2n) is 9.36. The molecule has 1 aromatic carbocycles. The number of carbonyl (C=O) groups is 3. The van der Waals surface area contributed by atoms with Crippen LogP contribution in [0.1, 0.15) is 44.0 Å². The number of ketones is 1. The second-order valence-corrected chi connectivity index (χ2v) is 9.36. The summed E-state index contributed by atoms with van der Waals surface area (Å²) in [4.78, 5) is 42.6. The van der Waals surface area contributed by atoms with E-state index < -0.39 is 0 Å². The Morgan fingerprint density at radius 3 is 2.38 bits per heavy atom. The molecule has 2 aromatic heterocycles. The Morgan fingerprint density at radius 2 is 1.71 bits per heavy atom. The van der Waals surface area contributed by atoms with Gasteiger partial charge in [0.2, 0.25) is 11.8 Å². The average molecular weight is 460 g/mol. The monoisotopic (exact) mass is 459 g/mol. The van der Waals surface area contributed by atoms with Crippen molar-refractivity contribution in [1.29, 1.82) is 0 Å². The fourth-order valence-electron chi connectivity index (χ4n) is 4.59. The maximum absolute atomic E-state index is 12.8. The molecule has 2 fully saturated rings. The molecule has 34 heavy (non-hydrogen) atoms. The summed E-state index contributed by atoms with van der Waals surface area (Å²) >= 11 is 0. The summed E-state index contributed by atoms with van der Waals surface area (Å²) in [5, 5.41) is 7.53. The van der Waals surface area contributed by atoms with Crippen molar-refractivity contribution in [1.82, 2.24) is 24.8 Å². The van der Waals surface area contributed by atoms with Crippen LogP contribution < -0.4 is 5.32 Å². The first kappa shape index (κ1) is 22.3. The van der Waals surface area contributed by atoms with Crippen LogP contribution in [0.2, 0.25) is 0 Å². The third kappa shape index (κ3) is 5.00. The lowest BCUT2D eigenvalue weighted by Crippen LogP contribution is -2.46. The molecule has 1 aliphatic heterocycles. The lowest BCUT2D eigenvalue weighted by Gasteiger charge is -2.32. The minimum Gasteiger partial charge on any atom is -0.353 e. The van der Waals surface area contributed by atoms with Crippen LogP contribution in [0, 0.1) is 5.92 Å². The average Bonchev–Trinajstić information content (AvgIpc) is 3.59. The third-order valence-electron chi connectivity index (χ3n) is 6.63. The number of likely N-dealkylation sites (tertiary alicyclic amines) is 1. The van der Waals surface area contributed by atoms with Crippen LogP contribution in [0.25, 0.3) is 16.9 Å². The van der Waals surface area contributed by atoms with Crippen molar-refractivity contribution in [3.8, 4) is 11.3 Å². The van der Waals surface area contributed by atoms with Gasteiger partial charge in [-0.1, -0.05) is 30.3 Å². The highest BCUT2D eigenvalue weighted by Crippen LogP contribution is 2.30. The number of hydrogen-bond donors (Lipinski definition) is 1. The zero-order valence-electron chi connectivity index (χ0n) is 19.4. The first-order chi connectivity index (χ1) is 16.5. The van der Waals surface area contributed by atoms with E-state index in [9.17, 15) is 14.4 Å². The third-order valence-corrected chi connectivity index (χ3v) is 6.63. The lowest BCUT2D eigenvalue weighted by molar-refractivity contribution is -0.131. The van der Waals surface area contributed by atoms with Gasteiger partial charge < -0.3 is 10.2 Å². The number of Topliss-reactive ketones (excluding diaryl/α,β-unsaturated/α-hetero) is 1. The summed E-state index contributed by atoms with van der Waals surface area (Å²) in [5.41, 5.74) is 3.55. The van der Waals surface area contributed by atoms with Crippen LogP contribution in [0.4, 0.5) is 0 Å². The number of pyridine rings is 1. The van der Waals surface area contributed by atoms with E-state index in [1.54, 1.807) is 4.52 Å². The predicted molar refractivity (Wildman–Crippen MR) is 127 cm³/mol. The molecule has 0 unspecified atom stereocenters. The smallest absolute Gasteiger partial charge is 0.226 e. The highest BCUT2D eigenvalue weighted by molar-refractivity contribution is 5.84. The molecule has 8 heteroatoms. The molecule has 0 atom stereocenters. The first-order valence-electron chi connectivity index (χ1n) is 12.0. The van der Waals surface area contributed by atoms with Crippen molar-refractivity contribution in [2.45, 2.75) is 51.5 Å². The Balaban J connectivity index is 1.24. The molecule has 3 heterocycles. The number of carbonyl (C=O) groups excluding carboxylic acids is 3. The molecule has 0 radical (unpaired) electrons. The van der Waals surface area contributed by atoms with Crippen LogP contribution in [-0.4, -0.2) is 56.2 Å². The zero-order chi connectivity index (χ0) is 23.7. The summed E-state index contributed by atoms with van der Waals surface area (Å²) in [5.74, 6) is 1.08. The maximum Gasteiger partial charge on any atom is 0.226 e. The van der Waals surface area contributed by atoms with Crippen LogP contribution >= 0.6 is 0 Å². The number of fused-ring (bicyclic) bond motifs is 1. The summed E-state index contributed by atoms with van der Waals surface area (Å²) in [6.45, 7) is 2.86. The topological polar surface area (TPSA) is 96.7 Å². The van der Waals surface area contributed by atoms with Crippen LogP contribution in [-0.2, 0) is 27.2 Å². The fraction of sp³-hybridized carbons (Fsp3) is 0.423. The summed E-state index contributed by atoms with van der Waals surface area (Å²) in [6.07, 6.45) is 4.20. The number of nitrogens with one attached hydrogen (secondary N) is 1. The van der Waals surface area contributed by atoms with Crippen LogP contribution in [0.15, 0.2) is 42.5 Å². The molecule has 5 rings (SSSR count). The largest absolute Gasteiger partial charge is 0.353 e. The fourth-order valence-corrected chi connectivity index (χ4v) is 4.59. The van der Waals surface area contributed by atoms with Gasteiger partial charge >= 0.3 is 0 Å². The molecule has 8 nitrogen and oxygen atoms in total. The molecule has 1 saturated carbocycles. The lowest BCUT2D eigenvalue weighted by atomic mass is 10.0. The summed E-state index contributed by atoms with van der Waals surface area (Å²) in [7, 11) is 0. The highest BCUT2D eigenvalue weighted by Gasteiger charge is 2.30. The Kier molecular flexibility index (Phi) is 6.13. The summed E-state index contributed by atoms with van der Waals surface area (Å²) < 4.78 is 1.79. The standard InChI is InChI=1S/C26H29N5O3/c1-17(32)27-21-11-13-30(14-12-21)26(34)15-18-5-7-19(8-6-18)22-3-2-4-25-28-24(29-31(22)25)16-23(33)20-9-10-20/h2-8,20-21H,9-16H2,1H3,(H,27,32). The van der Waals surface area contributed by atoms with Gasteiger partial charge in [-0.05, 0) is 43.4 Å². The number of nitrogens with zero attached hydrogens (tertiary/aromatic N) is 4. The Bertz CT molecular complexity index is 1220. The van der Waals surface area contributed by atoms with Gasteiger partial charge in [-0.3, -0.25) is 14.4 Å². The van der Waals surface area contributed by atoms with E-state index in [1.807, 2.05) is 47.4 Å². The molecule has 2 aliphatic rings. The predicted octanol–water partition coefficient (Wildman–Crippen LogP) is 2.59. The van der Waals surface area contributed by atoms with Crippen LogP contribution in [0.5, 0.6) is 0 Å². The van der Waals surface area contributed by atoms with E-state index >= 15 is 0 Å². The SMILES string of the molecule is CC(=O)NC1CCN(C(=O)Cc2ccc(-c3cccc4nc(CC(=O)C5CC5)nn34)cc2)CC1. The van der Waals surface area contributed by atoms with Gasteiger partial charge in [0, 0.05) is 37.5 Å². The van der Waals surface area contributed by atoms with Gasteiger partial charge in [0.05, 0.1) is 18.5 Å². The van der Waals surface area contributed by atoms with E-state index in [0.717, 1.165) is 48.2 Å². The molecular formula is C26H29N5O3. The molecular weight excluding hydrogens is 430 g/mol. The Labute approximate surface area is 198 Å². The molecule has 3 aromatic rings. The van der Waals surface area contributed by atoms with E-state index in [4.69, 9.17) is 0 Å². The Hall–Kier alpha value is -3.55. The van der Waals surface area contributed by atoms with Crippen LogP contribution in [0.3, 0.4) is 0 Å². The van der Waals surface area contributed by atoms with Gasteiger partial charge in [-0.15, -0.1) is 0 Å². The van der Waals surface area contributed by atoms with E-state index in [2.05, 4.69) is 15.4 Å². The summed E-state index contributed by atoms with van der Waals surface area (Å²) in [6, 6.07) is 13.9. The van der Waals surface area contributed by atoms with Gasteiger partial charge in [-0.25, -0.2) is 9.50 Å². The van der Waals surface area contributed by atoms with Gasteiger partial charge in [-0.2, -0.15) is 5.10 Å². The maximum atomic E-state index is 12.8. The van der Waals surface area contributed by atoms with Crippen molar-refractivity contribution in [2.75, 3.05) is 13.1 Å². The second kappa shape index (κ2) is 9.37. The van der Waals surface area contributed by atoms with Gasteiger partial charge in [0.15, 0.2) is 11.5 Å². The van der Waals surface area contributed by atoms with Crippen molar-refractivity contribution < 1.29 is 14.4 Å². The molecule has 1 aliphatic carbocycles. The van der Waals surface area contributed by atoms with E-state index in [0.29, 0.717) is 25.3 Å². The number of amides is 2. The van der Waals surface area contributed by atoms with E-state index in [-0.39, 0.29) is 36.0 Å². The number of hydrogen-bond acceptors (Lipinski definition) is 5. The van der Waals surface area contributed by atoms with Gasteiger partial charge in [0.1, 0.15) is 5.78 Å². The molecule has 2 amide bonds. The molecule has 0 spiro atoms. The molecule has 1 N–H and O–H groups in total. The minimum absolute atomic E-state index is 0.0191. The first-order valence-corrected chi connectivity index (χ1v) is 12.0. The molecule has 0 bridgehead atoms. The van der Waals surface area contributed by atoms with Crippen molar-refractivity contribution in [3.63, 3.8) is 0 Å². The highest BCUT2D eigenvalue weighted by atomic mass is 16.2. The molecule has 176 valence electrons. The van der Waals surface area contributed by atoms with Crippen molar-refractivity contribution in [2.24, 2.45) is 5.92 Å². The minimum atomic E-state index is -0.0191. The van der Waals surface area contributed by atoms with E-state index in [1.165, 1.54) is 6.92 Å². The van der Waals surface area contributed by atoms with Gasteiger partial charge in [0.25, 0.3) is 0 Å². The zero-order valence-corrected chi connectivity index (χ0v) is 19.4. The number of aromatic nitrogens is 3. The molecule has 1 saturated heterocycles. The quantitative estimate of drug-likeness (QED) is 0.586. The Morgan fingerprint density at radius 1 is 0.971 bits per heavy atom.